The van der Waals surface area contributed by atoms with Gasteiger partial charge < -0.3 is 0 Å². The second kappa shape index (κ2) is 8.51. The minimum atomic E-state index is -0.155. The number of nitrogens with zero attached hydrogens (tertiary/aromatic N) is 2. The Labute approximate surface area is 198 Å². The fourth-order valence-electron chi connectivity index (χ4n) is 3.72. The summed E-state index contributed by atoms with van der Waals surface area (Å²) in [7, 11) is 0. The van der Waals surface area contributed by atoms with Gasteiger partial charge in [0.05, 0.1) is 16.9 Å². The van der Waals surface area contributed by atoms with Crippen LogP contribution in [0.25, 0.3) is 16.8 Å². The number of hydrogen-bond acceptors (Lipinski definition) is 3. The van der Waals surface area contributed by atoms with Crippen molar-refractivity contribution in [3.63, 3.8) is 0 Å². The summed E-state index contributed by atoms with van der Waals surface area (Å²) in [4.78, 5) is 31.3. The Morgan fingerprint density at radius 3 is 2.03 bits per heavy atom. The summed E-state index contributed by atoms with van der Waals surface area (Å²) in [6.07, 6.45) is 1.62. The number of benzene rings is 3. The molecule has 154 valence electrons. The van der Waals surface area contributed by atoms with Crippen LogP contribution in [-0.2, 0) is 0 Å². The van der Waals surface area contributed by atoms with Crippen molar-refractivity contribution in [3.05, 3.63) is 129 Å². The van der Waals surface area contributed by atoms with E-state index in [-0.39, 0.29) is 11.6 Å². The zero-order valence-electron chi connectivity index (χ0n) is 16.9. The SMILES string of the molecule is O=C(c1ccccc1)c1cc(C(=O)c2ccc(I)cc2)n2cnc(-c3ccccc3)cc12. The molecule has 3 aromatic carbocycles. The molecule has 0 radical (unpaired) electrons. The van der Waals surface area contributed by atoms with Gasteiger partial charge in [-0.1, -0.05) is 60.7 Å². The van der Waals surface area contributed by atoms with Crippen molar-refractivity contribution in [2.75, 3.05) is 0 Å². The van der Waals surface area contributed by atoms with E-state index >= 15 is 0 Å². The molecule has 32 heavy (non-hydrogen) atoms. The summed E-state index contributed by atoms with van der Waals surface area (Å²) in [6.45, 7) is 0. The van der Waals surface area contributed by atoms with Crippen molar-refractivity contribution in [2.24, 2.45) is 0 Å². The molecule has 0 bridgehead atoms. The van der Waals surface area contributed by atoms with E-state index in [1.807, 2.05) is 66.7 Å². The van der Waals surface area contributed by atoms with Crippen LogP contribution in [0.3, 0.4) is 0 Å². The molecular weight excluding hydrogens is 511 g/mol. The lowest BCUT2D eigenvalue weighted by molar-refractivity contribution is 0.103. The van der Waals surface area contributed by atoms with Gasteiger partial charge in [-0.2, -0.15) is 0 Å². The Morgan fingerprint density at radius 2 is 1.34 bits per heavy atom. The minimum Gasteiger partial charge on any atom is -0.296 e. The molecule has 0 saturated carbocycles. The van der Waals surface area contributed by atoms with Crippen LogP contribution < -0.4 is 0 Å². The minimum absolute atomic E-state index is 0.130. The van der Waals surface area contributed by atoms with Crippen LogP contribution in [0.5, 0.6) is 0 Å². The molecule has 0 fully saturated rings. The standard InChI is InChI=1S/C27H17IN2O2/c28-21-13-11-20(12-14-21)27(32)25-15-22(26(31)19-9-5-2-6-10-19)24-16-23(29-17-30(24)25)18-7-3-1-4-8-18/h1-17H. The topological polar surface area (TPSA) is 51.4 Å². The molecule has 4 nitrogen and oxygen atoms in total. The summed E-state index contributed by atoms with van der Waals surface area (Å²) in [6, 6.07) is 29.8. The highest BCUT2D eigenvalue weighted by Gasteiger charge is 2.22. The molecule has 0 saturated heterocycles. The summed E-state index contributed by atoms with van der Waals surface area (Å²) in [5.74, 6) is -0.284. The average Bonchev–Trinajstić information content (AvgIpc) is 3.23. The molecule has 0 spiro atoms. The maximum atomic E-state index is 13.4. The van der Waals surface area contributed by atoms with Gasteiger partial charge in [0.1, 0.15) is 6.33 Å². The van der Waals surface area contributed by atoms with Crippen LogP contribution in [0, 0.1) is 3.57 Å². The normalized spacial score (nSPS) is 10.9. The number of carbonyl (C=O) groups is 2. The van der Waals surface area contributed by atoms with Crippen molar-refractivity contribution < 1.29 is 9.59 Å². The number of hydrogen-bond donors (Lipinski definition) is 0. The van der Waals surface area contributed by atoms with E-state index in [4.69, 9.17) is 0 Å². The maximum Gasteiger partial charge on any atom is 0.209 e. The van der Waals surface area contributed by atoms with Crippen LogP contribution in [0.4, 0.5) is 0 Å². The zero-order chi connectivity index (χ0) is 22.1. The third kappa shape index (κ3) is 3.76. The predicted octanol–water partition coefficient (Wildman–Crippen LogP) is 6.07. The number of halogens is 1. The Balaban J connectivity index is 1.70. The van der Waals surface area contributed by atoms with Gasteiger partial charge in [-0.25, -0.2) is 4.98 Å². The molecule has 0 unspecified atom stereocenters. The fraction of sp³-hybridized carbons (Fsp3) is 0. The highest BCUT2D eigenvalue weighted by Crippen LogP contribution is 2.26. The monoisotopic (exact) mass is 528 g/mol. The molecule has 0 N–H and O–H groups in total. The molecule has 5 heteroatoms. The van der Waals surface area contributed by atoms with E-state index in [2.05, 4.69) is 27.6 Å². The quantitative estimate of drug-likeness (QED) is 0.206. The van der Waals surface area contributed by atoms with Crippen molar-refractivity contribution in [1.29, 1.82) is 0 Å². The number of fused-ring (bicyclic) bond motifs is 1. The van der Waals surface area contributed by atoms with Crippen molar-refractivity contribution in [2.45, 2.75) is 0 Å². The van der Waals surface area contributed by atoms with Gasteiger partial charge in [-0.05, 0) is 59.0 Å². The van der Waals surface area contributed by atoms with Crippen molar-refractivity contribution in [3.8, 4) is 11.3 Å². The van der Waals surface area contributed by atoms with Gasteiger partial charge in [0.2, 0.25) is 5.78 Å². The Kier molecular flexibility index (Phi) is 5.41. The Hall–Kier alpha value is -3.58. The maximum absolute atomic E-state index is 13.4. The molecule has 5 rings (SSSR count). The van der Waals surface area contributed by atoms with E-state index in [1.165, 1.54) is 0 Å². The lowest BCUT2D eigenvalue weighted by atomic mass is 10.0. The van der Waals surface area contributed by atoms with E-state index in [0.717, 1.165) is 14.8 Å². The number of carbonyl (C=O) groups excluding carboxylic acids is 2. The summed E-state index contributed by atoms with van der Waals surface area (Å²) >= 11 is 2.21. The molecule has 0 aliphatic carbocycles. The molecule has 0 aliphatic rings. The van der Waals surface area contributed by atoms with Gasteiger partial charge in [-0.15, -0.1) is 0 Å². The first-order valence-corrected chi connectivity index (χ1v) is 11.2. The number of aromatic nitrogens is 2. The predicted molar refractivity (Wildman–Crippen MR) is 133 cm³/mol. The lowest BCUT2D eigenvalue weighted by Crippen LogP contribution is -2.05. The lowest BCUT2D eigenvalue weighted by Gasteiger charge is -2.06. The highest BCUT2D eigenvalue weighted by molar-refractivity contribution is 14.1. The summed E-state index contributed by atoms with van der Waals surface area (Å²) < 4.78 is 2.76. The first-order valence-electron chi connectivity index (χ1n) is 10.1. The average molecular weight is 528 g/mol. The van der Waals surface area contributed by atoms with Gasteiger partial charge in [0.25, 0.3) is 0 Å². The molecule has 2 aromatic heterocycles. The van der Waals surface area contributed by atoms with Gasteiger partial charge >= 0.3 is 0 Å². The van der Waals surface area contributed by atoms with Crippen LogP contribution >= 0.6 is 22.6 Å². The van der Waals surface area contributed by atoms with E-state index in [9.17, 15) is 9.59 Å². The molecule has 0 aliphatic heterocycles. The van der Waals surface area contributed by atoms with Crippen molar-refractivity contribution >= 4 is 39.7 Å². The van der Waals surface area contributed by atoms with Crippen LogP contribution in [0.15, 0.2) is 103 Å². The largest absolute Gasteiger partial charge is 0.296 e. The van der Waals surface area contributed by atoms with Gasteiger partial charge in [0, 0.05) is 25.8 Å². The van der Waals surface area contributed by atoms with Crippen LogP contribution in [-0.4, -0.2) is 21.0 Å². The zero-order valence-corrected chi connectivity index (χ0v) is 19.1. The first-order chi connectivity index (χ1) is 15.6. The van der Waals surface area contributed by atoms with E-state index in [1.54, 1.807) is 41.1 Å². The Bertz CT molecular complexity index is 1440. The van der Waals surface area contributed by atoms with Crippen LogP contribution in [0.2, 0.25) is 0 Å². The highest BCUT2D eigenvalue weighted by atomic mass is 127. The van der Waals surface area contributed by atoms with E-state index in [0.29, 0.717) is 27.9 Å². The third-order valence-corrected chi connectivity index (χ3v) is 6.07. The Morgan fingerprint density at radius 1 is 0.719 bits per heavy atom. The molecule has 2 heterocycles. The van der Waals surface area contributed by atoms with Gasteiger partial charge in [-0.3, -0.25) is 14.0 Å². The number of ketones is 2. The smallest absolute Gasteiger partial charge is 0.209 e. The molecular formula is C27H17IN2O2. The van der Waals surface area contributed by atoms with Crippen molar-refractivity contribution in [1.82, 2.24) is 9.38 Å². The fourth-order valence-corrected chi connectivity index (χ4v) is 4.08. The second-order valence-corrected chi connectivity index (χ2v) is 8.62. The third-order valence-electron chi connectivity index (χ3n) is 5.35. The second-order valence-electron chi connectivity index (χ2n) is 7.37. The molecule has 0 atom stereocenters. The van der Waals surface area contributed by atoms with E-state index < -0.39 is 0 Å². The first kappa shape index (κ1) is 20.3. The summed E-state index contributed by atoms with van der Waals surface area (Å²) in [5, 5.41) is 0. The number of rotatable bonds is 5. The molecule has 0 amide bonds. The van der Waals surface area contributed by atoms with Gasteiger partial charge in [0.15, 0.2) is 5.78 Å². The van der Waals surface area contributed by atoms with Crippen LogP contribution in [0.1, 0.15) is 32.0 Å². The molecule has 5 aromatic rings. The summed E-state index contributed by atoms with van der Waals surface area (Å²) in [5.41, 5.74) is 4.37.